The summed E-state index contributed by atoms with van der Waals surface area (Å²) < 4.78 is 13.1. The van der Waals surface area contributed by atoms with Crippen LogP contribution in [0.25, 0.3) is 0 Å². The monoisotopic (exact) mass is 228 g/mol. The topological polar surface area (TPSA) is 38.4 Å². The van der Waals surface area contributed by atoms with Crippen molar-refractivity contribution in [2.24, 2.45) is 10.7 Å². The molecule has 0 bridgehead atoms. The number of nitrogens with zero attached hydrogens (tertiary/aromatic N) is 1. The lowest BCUT2D eigenvalue weighted by atomic mass is 10.2. The molecule has 2 rings (SSSR count). The third-order valence-electron chi connectivity index (χ3n) is 2.46. The van der Waals surface area contributed by atoms with Crippen LogP contribution in [-0.4, -0.2) is 5.84 Å². The van der Waals surface area contributed by atoms with Crippen LogP contribution in [0.15, 0.2) is 53.5 Å². The van der Waals surface area contributed by atoms with Gasteiger partial charge in [-0.3, -0.25) is 0 Å². The molecule has 0 heterocycles. The van der Waals surface area contributed by atoms with Crippen LogP contribution in [0.1, 0.15) is 11.1 Å². The molecule has 0 spiro atoms. The first-order valence-corrected chi connectivity index (χ1v) is 5.32. The van der Waals surface area contributed by atoms with Gasteiger partial charge in [-0.1, -0.05) is 30.3 Å². The minimum Gasteiger partial charge on any atom is -0.383 e. The smallest absolute Gasteiger partial charge is 0.131 e. The zero-order valence-corrected chi connectivity index (χ0v) is 9.52. The Kier molecular flexibility index (Phi) is 3.19. The Morgan fingerprint density at radius 2 is 1.82 bits per heavy atom. The van der Waals surface area contributed by atoms with Gasteiger partial charge in [-0.05, 0) is 30.7 Å². The van der Waals surface area contributed by atoms with Crippen molar-refractivity contribution in [2.45, 2.75) is 6.92 Å². The van der Waals surface area contributed by atoms with Gasteiger partial charge in [-0.25, -0.2) is 9.38 Å². The van der Waals surface area contributed by atoms with Crippen molar-refractivity contribution in [2.75, 3.05) is 0 Å². The molecule has 0 saturated carbocycles. The Labute approximate surface area is 99.6 Å². The normalized spacial score (nSPS) is 11.5. The Morgan fingerprint density at radius 1 is 1.12 bits per heavy atom. The van der Waals surface area contributed by atoms with Crippen LogP contribution in [-0.2, 0) is 0 Å². The molecule has 0 fully saturated rings. The van der Waals surface area contributed by atoms with Gasteiger partial charge in [0.15, 0.2) is 0 Å². The summed E-state index contributed by atoms with van der Waals surface area (Å²) in [5.74, 6) is 0.193. The average molecular weight is 228 g/mol. The maximum absolute atomic E-state index is 13.1. The van der Waals surface area contributed by atoms with Gasteiger partial charge in [-0.15, -0.1) is 0 Å². The van der Waals surface area contributed by atoms with Gasteiger partial charge in [0.05, 0.1) is 5.69 Å². The molecule has 0 unspecified atom stereocenters. The summed E-state index contributed by atoms with van der Waals surface area (Å²) >= 11 is 0. The highest BCUT2D eigenvalue weighted by Gasteiger charge is 2.00. The molecule has 0 atom stereocenters. The number of aliphatic imine (C=N–C) groups is 1. The maximum atomic E-state index is 13.1. The number of nitrogens with two attached hydrogens (primary N) is 1. The SMILES string of the molecule is Cc1cc(N=C(N)c2ccccc2)ccc1F. The summed E-state index contributed by atoms with van der Waals surface area (Å²) in [6, 6.07) is 14.2. The minimum absolute atomic E-state index is 0.234. The fraction of sp³-hybridized carbons (Fsp3) is 0.0714. The fourth-order valence-corrected chi connectivity index (χ4v) is 1.51. The van der Waals surface area contributed by atoms with Crippen molar-refractivity contribution in [3.63, 3.8) is 0 Å². The highest BCUT2D eigenvalue weighted by molar-refractivity contribution is 5.98. The van der Waals surface area contributed by atoms with Gasteiger partial charge in [0, 0.05) is 5.56 Å². The second kappa shape index (κ2) is 4.78. The molecule has 2 aromatic carbocycles. The van der Waals surface area contributed by atoms with Crippen LogP contribution >= 0.6 is 0 Å². The van der Waals surface area contributed by atoms with Gasteiger partial charge >= 0.3 is 0 Å². The molecule has 2 N–H and O–H groups in total. The van der Waals surface area contributed by atoms with Crippen molar-refractivity contribution in [1.29, 1.82) is 0 Å². The van der Waals surface area contributed by atoms with E-state index in [1.54, 1.807) is 19.1 Å². The van der Waals surface area contributed by atoms with E-state index >= 15 is 0 Å². The molecule has 3 heteroatoms. The third kappa shape index (κ3) is 2.69. The molecule has 17 heavy (non-hydrogen) atoms. The van der Waals surface area contributed by atoms with E-state index in [9.17, 15) is 4.39 Å². The molecule has 0 amide bonds. The molecule has 2 nitrogen and oxygen atoms in total. The van der Waals surface area contributed by atoms with Crippen LogP contribution in [0.2, 0.25) is 0 Å². The first-order valence-electron chi connectivity index (χ1n) is 5.32. The van der Waals surface area contributed by atoms with E-state index in [1.165, 1.54) is 6.07 Å². The Morgan fingerprint density at radius 3 is 2.47 bits per heavy atom. The van der Waals surface area contributed by atoms with E-state index in [2.05, 4.69) is 4.99 Å². The van der Waals surface area contributed by atoms with Crippen molar-refractivity contribution in [1.82, 2.24) is 0 Å². The summed E-state index contributed by atoms with van der Waals surface area (Å²) in [6.45, 7) is 1.70. The number of rotatable bonds is 2. The molecule has 86 valence electrons. The number of benzene rings is 2. The minimum atomic E-state index is -0.234. The summed E-state index contributed by atoms with van der Waals surface area (Å²) in [7, 11) is 0. The van der Waals surface area contributed by atoms with E-state index in [0.717, 1.165) is 5.56 Å². The molecule has 0 aromatic heterocycles. The lowest BCUT2D eigenvalue weighted by molar-refractivity contribution is 0.618. The Bertz CT molecular complexity index is 547. The first kappa shape index (κ1) is 11.3. The zero-order chi connectivity index (χ0) is 12.3. The first-order chi connectivity index (χ1) is 8.16. The second-order valence-electron chi connectivity index (χ2n) is 3.80. The molecule has 0 radical (unpaired) electrons. The van der Waals surface area contributed by atoms with Crippen LogP contribution in [0.4, 0.5) is 10.1 Å². The number of halogens is 1. The largest absolute Gasteiger partial charge is 0.383 e. The third-order valence-corrected chi connectivity index (χ3v) is 2.46. The number of hydrogen-bond donors (Lipinski definition) is 1. The van der Waals surface area contributed by atoms with E-state index < -0.39 is 0 Å². The number of aryl methyl sites for hydroxylation is 1. The van der Waals surface area contributed by atoms with Crippen molar-refractivity contribution >= 4 is 11.5 Å². The second-order valence-corrected chi connectivity index (χ2v) is 3.80. The summed E-state index contributed by atoms with van der Waals surface area (Å²) in [5.41, 5.74) is 7.95. The van der Waals surface area contributed by atoms with Gasteiger partial charge in [0.25, 0.3) is 0 Å². The van der Waals surface area contributed by atoms with Crippen LogP contribution in [0, 0.1) is 12.7 Å². The lowest BCUT2D eigenvalue weighted by Crippen LogP contribution is -2.12. The molecular formula is C14H13FN2. The van der Waals surface area contributed by atoms with Crippen molar-refractivity contribution in [3.8, 4) is 0 Å². The fourth-order valence-electron chi connectivity index (χ4n) is 1.51. The van der Waals surface area contributed by atoms with Crippen LogP contribution in [0.3, 0.4) is 0 Å². The number of hydrogen-bond acceptors (Lipinski definition) is 1. The lowest BCUT2D eigenvalue weighted by Gasteiger charge is -2.02. The number of amidine groups is 1. The maximum Gasteiger partial charge on any atom is 0.131 e. The molecule has 0 aliphatic carbocycles. The molecule has 0 aliphatic heterocycles. The average Bonchev–Trinajstić information content (AvgIpc) is 2.35. The van der Waals surface area contributed by atoms with E-state index in [4.69, 9.17) is 5.73 Å². The molecule has 0 saturated heterocycles. The standard InChI is InChI=1S/C14H13FN2/c1-10-9-12(7-8-13(10)15)17-14(16)11-5-3-2-4-6-11/h2-9H,1H3,(H2,16,17). The van der Waals surface area contributed by atoms with Crippen molar-refractivity contribution < 1.29 is 4.39 Å². The van der Waals surface area contributed by atoms with Crippen LogP contribution in [0.5, 0.6) is 0 Å². The molecule has 2 aromatic rings. The summed E-state index contributed by atoms with van der Waals surface area (Å²) in [6.07, 6.45) is 0. The molecule has 0 aliphatic rings. The Hall–Kier alpha value is -2.16. The van der Waals surface area contributed by atoms with Crippen molar-refractivity contribution in [3.05, 3.63) is 65.5 Å². The van der Waals surface area contributed by atoms with Crippen LogP contribution < -0.4 is 5.73 Å². The zero-order valence-electron chi connectivity index (χ0n) is 9.52. The summed E-state index contributed by atoms with van der Waals surface area (Å²) in [5, 5.41) is 0. The summed E-state index contributed by atoms with van der Waals surface area (Å²) in [4.78, 5) is 4.26. The predicted octanol–water partition coefficient (Wildman–Crippen LogP) is 3.17. The van der Waals surface area contributed by atoms with Gasteiger partial charge in [0.1, 0.15) is 11.7 Å². The van der Waals surface area contributed by atoms with Gasteiger partial charge < -0.3 is 5.73 Å². The molecular weight excluding hydrogens is 215 g/mol. The highest BCUT2D eigenvalue weighted by atomic mass is 19.1. The Balaban J connectivity index is 2.33. The van der Waals surface area contributed by atoms with Gasteiger partial charge in [-0.2, -0.15) is 0 Å². The predicted molar refractivity (Wildman–Crippen MR) is 68.0 cm³/mol. The van der Waals surface area contributed by atoms with E-state index in [-0.39, 0.29) is 5.82 Å². The van der Waals surface area contributed by atoms with E-state index in [0.29, 0.717) is 17.1 Å². The quantitative estimate of drug-likeness (QED) is 0.622. The van der Waals surface area contributed by atoms with E-state index in [1.807, 2.05) is 30.3 Å². The van der Waals surface area contributed by atoms with Gasteiger partial charge in [0.2, 0.25) is 0 Å². The highest BCUT2D eigenvalue weighted by Crippen LogP contribution is 2.17.